The van der Waals surface area contributed by atoms with Crippen LogP contribution in [0.15, 0.2) is 22.7 Å². The highest BCUT2D eigenvalue weighted by molar-refractivity contribution is 9.10. The molecule has 1 saturated carbocycles. The van der Waals surface area contributed by atoms with E-state index in [1.165, 1.54) is 5.56 Å². The maximum atomic E-state index is 6.01. The first-order chi connectivity index (χ1) is 7.65. The molecule has 0 heterocycles. The van der Waals surface area contributed by atoms with Crippen molar-refractivity contribution < 1.29 is 4.74 Å². The lowest BCUT2D eigenvalue weighted by Gasteiger charge is -2.27. The van der Waals surface area contributed by atoms with Crippen molar-refractivity contribution in [1.29, 1.82) is 0 Å². The molecule has 0 bridgehead atoms. The number of nitrogens with two attached hydrogens (primary N) is 1. The van der Waals surface area contributed by atoms with Crippen molar-refractivity contribution in [2.75, 3.05) is 0 Å². The van der Waals surface area contributed by atoms with E-state index in [1.807, 2.05) is 12.1 Å². The van der Waals surface area contributed by atoms with Crippen molar-refractivity contribution in [1.82, 2.24) is 0 Å². The second-order valence-electron chi connectivity index (χ2n) is 4.56. The van der Waals surface area contributed by atoms with E-state index in [4.69, 9.17) is 10.5 Å². The molecule has 16 heavy (non-hydrogen) atoms. The summed E-state index contributed by atoms with van der Waals surface area (Å²) in [6.07, 6.45) is 4.67. The monoisotopic (exact) mass is 283 g/mol. The zero-order valence-corrected chi connectivity index (χ0v) is 11.2. The Morgan fingerprint density at radius 1 is 1.25 bits per heavy atom. The topological polar surface area (TPSA) is 35.2 Å². The van der Waals surface area contributed by atoms with E-state index in [-0.39, 0.29) is 0 Å². The number of halogens is 1. The first-order valence-electron chi connectivity index (χ1n) is 5.83. The second kappa shape index (κ2) is 5.19. The summed E-state index contributed by atoms with van der Waals surface area (Å²) in [5, 5.41) is 0. The first kappa shape index (κ1) is 11.9. The molecule has 1 fully saturated rings. The minimum Gasteiger partial charge on any atom is -0.490 e. The van der Waals surface area contributed by atoms with E-state index < -0.39 is 0 Å². The minimum atomic E-state index is 0.347. The molecule has 0 radical (unpaired) electrons. The first-order valence-corrected chi connectivity index (χ1v) is 6.63. The third kappa shape index (κ3) is 2.98. The van der Waals surface area contributed by atoms with Gasteiger partial charge in [0.2, 0.25) is 0 Å². The number of hydrogen-bond donors (Lipinski definition) is 1. The Balaban J connectivity index is 1.98. The lowest BCUT2D eigenvalue weighted by atomic mass is 9.93. The molecule has 0 atom stereocenters. The summed E-state index contributed by atoms with van der Waals surface area (Å²) in [6, 6.07) is 6.53. The molecule has 1 aromatic rings. The summed E-state index contributed by atoms with van der Waals surface area (Å²) < 4.78 is 7.11. The van der Waals surface area contributed by atoms with Gasteiger partial charge in [-0.1, -0.05) is 15.9 Å². The highest BCUT2D eigenvalue weighted by Gasteiger charge is 2.20. The van der Waals surface area contributed by atoms with Gasteiger partial charge in [0.25, 0.3) is 0 Å². The van der Waals surface area contributed by atoms with Crippen molar-refractivity contribution in [3.05, 3.63) is 28.2 Å². The number of benzene rings is 1. The Bertz CT molecular complexity index is 359. The molecule has 2 N–H and O–H groups in total. The molecule has 2 nitrogen and oxygen atoms in total. The van der Waals surface area contributed by atoms with Crippen LogP contribution in [-0.4, -0.2) is 12.1 Å². The van der Waals surface area contributed by atoms with Crippen LogP contribution in [0.2, 0.25) is 0 Å². The molecule has 1 aromatic carbocycles. The van der Waals surface area contributed by atoms with E-state index in [0.29, 0.717) is 12.1 Å². The summed E-state index contributed by atoms with van der Waals surface area (Å²) in [6.45, 7) is 2.08. The van der Waals surface area contributed by atoms with Gasteiger partial charge in [-0.3, -0.25) is 0 Å². The van der Waals surface area contributed by atoms with Gasteiger partial charge in [-0.15, -0.1) is 0 Å². The van der Waals surface area contributed by atoms with Crippen LogP contribution in [0, 0.1) is 6.92 Å². The second-order valence-corrected chi connectivity index (χ2v) is 5.48. The highest BCUT2D eigenvalue weighted by Crippen LogP contribution is 2.27. The Morgan fingerprint density at radius 2 is 1.94 bits per heavy atom. The Hall–Kier alpha value is -0.540. The van der Waals surface area contributed by atoms with Gasteiger partial charge in [0.15, 0.2) is 0 Å². The summed E-state index contributed by atoms with van der Waals surface area (Å²) >= 11 is 3.46. The Kier molecular flexibility index (Phi) is 3.87. The molecule has 0 aliphatic heterocycles. The highest BCUT2D eigenvalue weighted by atomic mass is 79.9. The molecule has 1 aliphatic rings. The van der Waals surface area contributed by atoms with Crippen molar-refractivity contribution in [2.24, 2.45) is 5.73 Å². The van der Waals surface area contributed by atoms with Gasteiger partial charge < -0.3 is 10.5 Å². The van der Waals surface area contributed by atoms with E-state index in [0.717, 1.165) is 35.9 Å². The van der Waals surface area contributed by atoms with Crippen LogP contribution in [0.1, 0.15) is 31.2 Å². The smallest absolute Gasteiger partial charge is 0.122 e. The fourth-order valence-electron chi connectivity index (χ4n) is 2.13. The maximum absolute atomic E-state index is 6.01. The van der Waals surface area contributed by atoms with Crippen LogP contribution >= 0.6 is 15.9 Å². The molecular weight excluding hydrogens is 266 g/mol. The van der Waals surface area contributed by atoms with Gasteiger partial charge in [0, 0.05) is 10.5 Å². The average molecular weight is 284 g/mol. The lowest BCUT2D eigenvalue weighted by Crippen LogP contribution is -2.31. The predicted molar refractivity (Wildman–Crippen MR) is 69.7 cm³/mol. The molecule has 0 amide bonds. The summed E-state index contributed by atoms with van der Waals surface area (Å²) in [5.74, 6) is 1.00. The third-order valence-corrected chi connectivity index (χ3v) is 3.64. The molecule has 3 heteroatoms. The molecule has 88 valence electrons. The minimum absolute atomic E-state index is 0.347. The third-order valence-electron chi connectivity index (χ3n) is 3.15. The standard InChI is InChI=1S/C13H18BrNO/c1-9-8-10(14)2-7-13(9)16-12-5-3-11(15)4-6-12/h2,7-8,11-12H,3-6,15H2,1H3. The summed E-state index contributed by atoms with van der Waals surface area (Å²) in [4.78, 5) is 0. The van der Waals surface area contributed by atoms with E-state index in [2.05, 4.69) is 28.9 Å². The van der Waals surface area contributed by atoms with E-state index >= 15 is 0 Å². The zero-order valence-electron chi connectivity index (χ0n) is 9.58. The molecule has 0 unspecified atom stereocenters. The predicted octanol–water partition coefficient (Wildman–Crippen LogP) is 3.41. The zero-order chi connectivity index (χ0) is 11.5. The molecule has 0 saturated heterocycles. The maximum Gasteiger partial charge on any atom is 0.122 e. The average Bonchev–Trinajstić information content (AvgIpc) is 2.25. The van der Waals surface area contributed by atoms with Crippen molar-refractivity contribution in [2.45, 2.75) is 44.8 Å². The molecule has 1 aliphatic carbocycles. The normalized spacial score (nSPS) is 25.4. The fourth-order valence-corrected chi connectivity index (χ4v) is 2.61. The molecular formula is C13H18BrNO. The van der Waals surface area contributed by atoms with Crippen molar-refractivity contribution >= 4 is 15.9 Å². The van der Waals surface area contributed by atoms with E-state index in [1.54, 1.807) is 0 Å². The van der Waals surface area contributed by atoms with E-state index in [9.17, 15) is 0 Å². The number of rotatable bonds is 2. The van der Waals surface area contributed by atoms with Crippen LogP contribution in [0.25, 0.3) is 0 Å². The van der Waals surface area contributed by atoms with Crippen LogP contribution in [0.5, 0.6) is 5.75 Å². The van der Waals surface area contributed by atoms with Crippen LogP contribution in [0.3, 0.4) is 0 Å². The van der Waals surface area contributed by atoms with Crippen LogP contribution in [0.4, 0.5) is 0 Å². The van der Waals surface area contributed by atoms with Crippen LogP contribution in [-0.2, 0) is 0 Å². The van der Waals surface area contributed by atoms with Crippen molar-refractivity contribution in [3.8, 4) is 5.75 Å². The van der Waals surface area contributed by atoms with Gasteiger partial charge >= 0.3 is 0 Å². The summed E-state index contributed by atoms with van der Waals surface area (Å²) in [7, 11) is 0. The number of ether oxygens (including phenoxy) is 1. The SMILES string of the molecule is Cc1cc(Br)ccc1OC1CCC(N)CC1. The van der Waals surface area contributed by atoms with Gasteiger partial charge in [-0.2, -0.15) is 0 Å². The van der Waals surface area contributed by atoms with Crippen molar-refractivity contribution in [3.63, 3.8) is 0 Å². The Morgan fingerprint density at radius 3 is 2.56 bits per heavy atom. The molecule has 2 rings (SSSR count). The lowest BCUT2D eigenvalue weighted by molar-refractivity contribution is 0.146. The van der Waals surface area contributed by atoms with Gasteiger partial charge in [0.05, 0.1) is 6.10 Å². The molecule has 0 spiro atoms. The van der Waals surface area contributed by atoms with Crippen LogP contribution < -0.4 is 10.5 Å². The van der Waals surface area contributed by atoms with Gasteiger partial charge in [-0.25, -0.2) is 0 Å². The number of aryl methyl sites for hydroxylation is 1. The summed E-state index contributed by atoms with van der Waals surface area (Å²) in [5.41, 5.74) is 7.06. The Labute approximate surface area is 105 Å². The quantitative estimate of drug-likeness (QED) is 0.903. The van der Waals surface area contributed by atoms with Gasteiger partial charge in [0.1, 0.15) is 5.75 Å². The molecule has 0 aromatic heterocycles. The number of hydrogen-bond acceptors (Lipinski definition) is 2. The fraction of sp³-hybridized carbons (Fsp3) is 0.538. The van der Waals surface area contributed by atoms with Gasteiger partial charge in [-0.05, 0) is 56.4 Å². The largest absolute Gasteiger partial charge is 0.490 e.